The number of benzene rings is 2. The Kier molecular flexibility index (Phi) is 7.92. The predicted octanol–water partition coefficient (Wildman–Crippen LogP) is 4.90. The summed E-state index contributed by atoms with van der Waals surface area (Å²) in [4.78, 5) is 30.1. The Balaban J connectivity index is 1.51. The molecule has 3 aliphatic rings. The second kappa shape index (κ2) is 11.2. The monoisotopic (exact) mass is 518 g/mol. The molecule has 2 aromatic rings. The first kappa shape index (κ1) is 26.9. The molecule has 0 radical (unpaired) electrons. The van der Waals surface area contributed by atoms with Crippen LogP contribution in [0.2, 0.25) is 0 Å². The van der Waals surface area contributed by atoms with Crippen LogP contribution in [-0.4, -0.2) is 65.1 Å². The van der Waals surface area contributed by atoms with Gasteiger partial charge in [0.2, 0.25) is 0 Å². The Morgan fingerprint density at radius 2 is 1.89 bits per heavy atom. The first-order valence-electron chi connectivity index (χ1n) is 14.3. The molecule has 3 fully saturated rings. The summed E-state index contributed by atoms with van der Waals surface area (Å²) in [6.45, 7) is 9.29. The fourth-order valence-corrected chi connectivity index (χ4v) is 6.90. The molecule has 1 aliphatic heterocycles. The molecule has 2 aliphatic carbocycles. The maximum atomic E-state index is 13.8. The summed E-state index contributed by atoms with van der Waals surface area (Å²) in [6.07, 6.45) is 4.39. The van der Waals surface area contributed by atoms with Crippen LogP contribution in [0.15, 0.2) is 54.6 Å². The highest BCUT2D eigenvalue weighted by Crippen LogP contribution is 2.51. The van der Waals surface area contributed by atoms with Crippen LogP contribution in [0.4, 0.5) is 0 Å². The van der Waals surface area contributed by atoms with Gasteiger partial charge in [-0.2, -0.15) is 0 Å². The third-order valence-electron chi connectivity index (χ3n) is 8.78. The maximum absolute atomic E-state index is 13.8. The van der Waals surface area contributed by atoms with Gasteiger partial charge in [-0.25, -0.2) is 0 Å². The van der Waals surface area contributed by atoms with Crippen LogP contribution in [0.5, 0.6) is 5.75 Å². The van der Waals surface area contributed by atoms with E-state index in [1.807, 2.05) is 53.4 Å². The summed E-state index contributed by atoms with van der Waals surface area (Å²) in [5, 5.41) is 11.8. The molecule has 1 heterocycles. The average Bonchev–Trinajstić information content (AvgIpc) is 3.71. The second-order valence-electron chi connectivity index (χ2n) is 12.2. The number of rotatable bonds is 8. The highest BCUT2D eigenvalue weighted by Gasteiger charge is 2.53. The van der Waals surface area contributed by atoms with Gasteiger partial charge in [0, 0.05) is 49.5 Å². The molecule has 38 heavy (non-hydrogen) atoms. The molecular weight excluding hydrogens is 476 g/mol. The van der Waals surface area contributed by atoms with Crippen LogP contribution >= 0.6 is 0 Å². The number of fused-ring (bicyclic) bond motifs is 1. The Hall–Kier alpha value is -2.70. The first-order valence-corrected chi connectivity index (χ1v) is 14.3. The van der Waals surface area contributed by atoms with E-state index in [1.165, 1.54) is 19.8 Å². The lowest BCUT2D eigenvalue weighted by molar-refractivity contribution is -0.131. The number of piperidine rings is 1. The quantitative estimate of drug-likeness (QED) is 0.398. The smallest absolute Gasteiger partial charge is 0.308 e. The Bertz CT molecular complexity index is 1130. The van der Waals surface area contributed by atoms with Gasteiger partial charge in [-0.05, 0) is 80.3 Å². The van der Waals surface area contributed by atoms with Crippen molar-refractivity contribution < 1.29 is 19.4 Å². The minimum Gasteiger partial charge on any atom is -0.427 e. The number of ether oxygens (including phenoxy) is 1. The molecular formula is C32H42N2O4. The summed E-state index contributed by atoms with van der Waals surface area (Å²) >= 11 is 0. The molecule has 204 valence electrons. The van der Waals surface area contributed by atoms with Crippen molar-refractivity contribution in [3.63, 3.8) is 0 Å². The van der Waals surface area contributed by atoms with Gasteiger partial charge in [0.25, 0.3) is 5.91 Å². The van der Waals surface area contributed by atoms with Gasteiger partial charge in [-0.3, -0.25) is 9.59 Å². The number of carbonyl (C=O) groups excluding carboxylic acids is 2. The molecule has 1 N–H and O–H groups in total. The third kappa shape index (κ3) is 5.81. The number of carbonyl (C=O) groups is 2. The number of aliphatic hydroxyl groups is 1. The Labute approximate surface area is 227 Å². The fraction of sp³-hybridized carbons (Fsp3) is 0.562. The molecule has 2 saturated carbocycles. The third-order valence-corrected chi connectivity index (χ3v) is 8.78. The van der Waals surface area contributed by atoms with E-state index in [1.54, 1.807) is 0 Å². The number of aliphatic hydroxyl groups excluding tert-OH is 1. The Morgan fingerprint density at radius 3 is 2.58 bits per heavy atom. The van der Waals surface area contributed by atoms with Crippen LogP contribution < -0.4 is 4.74 Å². The number of amides is 1. The van der Waals surface area contributed by atoms with Crippen LogP contribution in [0.1, 0.15) is 68.8 Å². The second-order valence-corrected chi connectivity index (χ2v) is 12.2. The van der Waals surface area contributed by atoms with Crippen molar-refractivity contribution in [2.24, 2.45) is 17.8 Å². The maximum Gasteiger partial charge on any atom is 0.308 e. The van der Waals surface area contributed by atoms with Crippen molar-refractivity contribution in [3.05, 3.63) is 65.7 Å². The van der Waals surface area contributed by atoms with E-state index < -0.39 is 6.10 Å². The highest BCUT2D eigenvalue weighted by molar-refractivity contribution is 5.94. The van der Waals surface area contributed by atoms with Crippen molar-refractivity contribution in [3.8, 4) is 5.75 Å². The van der Waals surface area contributed by atoms with E-state index in [4.69, 9.17) is 4.74 Å². The van der Waals surface area contributed by atoms with Gasteiger partial charge in [0.05, 0.1) is 6.10 Å². The van der Waals surface area contributed by atoms with Crippen molar-refractivity contribution in [2.45, 2.75) is 70.4 Å². The lowest BCUT2D eigenvalue weighted by Crippen LogP contribution is -2.61. The summed E-state index contributed by atoms with van der Waals surface area (Å²) in [5.41, 5.74) is 1.49. The summed E-state index contributed by atoms with van der Waals surface area (Å²) in [7, 11) is 0. The van der Waals surface area contributed by atoms with E-state index in [9.17, 15) is 14.7 Å². The van der Waals surface area contributed by atoms with Gasteiger partial charge >= 0.3 is 5.97 Å². The lowest BCUT2D eigenvalue weighted by Gasteiger charge is -2.56. The van der Waals surface area contributed by atoms with Gasteiger partial charge in [0.15, 0.2) is 0 Å². The molecule has 2 aromatic carbocycles. The number of hydrogen-bond acceptors (Lipinski definition) is 5. The van der Waals surface area contributed by atoms with E-state index in [2.05, 4.69) is 24.8 Å². The molecule has 6 nitrogen and oxygen atoms in total. The SMILES string of the molecule is CC(=O)Oc1cccc([C@@]23CCN(CC4CC4)C[C@H]2C(O)C[C@H](N(CC(C)C)C(=O)c2ccccc2)C3)c1. The predicted molar refractivity (Wildman–Crippen MR) is 148 cm³/mol. The Morgan fingerprint density at radius 1 is 1.13 bits per heavy atom. The molecule has 5 rings (SSSR count). The molecule has 0 bridgehead atoms. The topological polar surface area (TPSA) is 70.1 Å². The van der Waals surface area contributed by atoms with Gasteiger partial charge in [0.1, 0.15) is 5.75 Å². The normalized spacial score (nSPS) is 27.6. The summed E-state index contributed by atoms with van der Waals surface area (Å²) in [6, 6.07) is 17.3. The average molecular weight is 519 g/mol. The molecule has 0 spiro atoms. The van der Waals surface area contributed by atoms with E-state index in [0.717, 1.165) is 44.0 Å². The molecule has 1 saturated heterocycles. The van der Waals surface area contributed by atoms with E-state index in [-0.39, 0.29) is 29.3 Å². The zero-order chi connectivity index (χ0) is 26.9. The van der Waals surface area contributed by atoms with Gasteiger partial charge in [-0.1, -0.05) is 44.2 Å². The minimum absolute atomic E-state index is 0.0323. The summed E-state index contributed by atoms with van der Waals surface area (Å²) < 4.78 is 5.48. The number of nitrogens with zero attached hydrogens (tertiary/aromatic N) is 2. The number of likely N-dealkylation sites (tertiary alicyclic amines) is 1. The van der Waals surface area contributed by atoms with E-state index >= 15 is 0 Å². The van der Waals surface area contributed by atoms with Crippen LogP contribution in [-0.2, 0) is 10.2 Å². The molecule has 1 unspecified atom stereocenters. The molecule has 6 heteroatoms. The zero-order valence-corrected chi connectivity index (χ0v) is 23.0. The highest BCUT2D eigenvalue weighted by atomic mass is 16.5. The summed E-state index contributed by atoms with van der Waals surface area (Å²) in [5.74, 6) is 1.40. The van der Waals surface area contributed by atoms with Crippen molar-refractivity contribution in [1.82, 2.24) is 9.80 Å². The van der Waals surface area contributed by atoms with Crippen molar-refractivity contribution in [2.75, 3.05) is 26.2 Å². The van der Waals surface area contributed by atoms with Crippen LogP contribution in [0.25, 0.3) is 0 Å². The number of esters is 1. The van der Waals surface area contributed by atoms with Crippen molar-refractivity contribution >= 4 is 11.9 Å². The van der Waals surface area contributed by atoms with Crippen LogP contribution in [0, 0.1) is 17.8 Å². The first-order chi connectivity index (χ1) is 18.2. The number of hydrogen-bond donors (Lipinski definition) is 1. The minimum atomic E-state index is -0.522. The molecule has 0 aromatic heterocycles. The van der Waals surface area contributed by atoms with E-state index in [0.29, 0.717) is 30.2 Å². The van der Waals surface area contributed by atoms with Crippen molar-refractivity contribution in [1.29, 1.82) is 0 Å². The molecule has 4 atom stereocenters. The standard InChI is InChI=1S/C32H42N2O4/c1-22(2)19-34(31(37)25-8-5-4-6-9-25)27-17-30(36)29-21-33(20-24-12-13-24)15-14-32(29,18-27)26-10-7-11-28(16-26)38-23(3)35/h4-11,16,22,24,27,29-30,36H,12-15,17-21H2,1-3H3/t27-,29-,30?,32-/m0/s1. The fourth-order valence-electron chi connectivity index (χ4n) is 6.90. The lowest BCUT2D eigenvalue weighted by atomic mass is 9.56. The van der Waals surface area contributed by atoms with Gasteiger partial charge < -0.3 is 19.6 Å². The van der Waals surface area contributed by atoms with Gasteiger partial charge in [-0.15, -0.1) is 0 Å². The largest absolute Gasteiger partial charge is 0.427 e. The van der Waals surface area contributed by atoms with Crippen LogP contribution in [0.3, 0.4) is 0 Å². The molecule has 1 amide bonds. The zero-order valence-electron chi connectivity index (χ0n) is 23.0.